The highest BCUT2D eigenvalue weighted by Crippen LogP contribution is 2.22. The summed E-state index contributed by atoms with van der Waals surface area (Å²) in [4.78, 5) is 15.6. The van der Waals surface area contributed by atoms with Crippen LogP contribution in [0, 0.1) is 0 Å². The lowest BCUT2D eigenvalue weighted by atomic mass is 10.3. The Morgan fingerprint density at radius 2 is 2.18 bits per heavy atom. The average Bonchev–Trinajstić information content (AvgIpc) is 3.25. The van der Waals surface area contributed by atoms with Gasteiger partial charge in [0.05, 0.1) is 6.67 Å². The van der Waals surface area contributed by atoms with Crippen LogP contribution in [0.4, 0.5) is 5.82 Å². The molecule has 0 saturated carbocycles. The number of nitrogens with zero attached hydrogens (tertiary/aromatic N) is 6. The van der Waals surface area contributed by atoms with Gasteiger partial charge in [0.25, 0.3) is 0 Å². The molecule has 0 aliphatic carbocycles. The topological polar surface area (TPSA) is 66.6 Å². The summed E-state index contributed by atoms with van der Waals surface area (Å²) in [5.41, 5.74) is 1.69. The highest BCUT2D eigenvalue weighted by molar-refractivity contribution is 7.08. The van der Waals surface area contributed by atoms with Crippen molar-refractivity contribution in [2.24, 2.45) is 0 Å². The van der Waals surface area contributed by atoms with E-state index in [1.807, 2.05) is 40.8 Å². The van der Waals surface area contributed by atoms with Gasteiger partial charge < -0.3 is 9.80 Å². The van der Waals surface area contributed by atoms with Gasteiger partial charge in [-0.2, -0.15) is 15.9 Å². The van der Waals surface area contributed by atoms with Crippen LogP contribution in [0.15, 0.2) is 29.0 Å². The molecule has 0 radical (unpaired) electrons. The molecule has 0 bridgehead atoms. The lowest BCUT2D eigenvalue weighted by Gasteiger charge is -2.17. The fourth-order valence-electron chi connectivity index (χ4n) is 2.55. The van der Waals surface area contributed by atoms with Crippen molar-refractivity contribution in [3.8, 4) is 11.4 Å². The van der Waals surface area contributed by atoms with E-state index in [1.165, 1.54) is 0 Å². The summed E-state index contributed by atoms with van der Waals surface area (Å²) in [7, 11) is 0. The Hall–Kier alpha value is -2.48. The van der Waals surface area contributed by atoms with E-state index in [0.29, 0.717) is 25.4 Å². The summed E-state index contributed by atoms with van der Waals surface area (Å²) >= 11 is 1.61. The molecular formula is C14H14N6OS. The summed E-state index contributed by atoms with van der Waals surface area (Å²) in [6.07, 6.45) is 0. The minimum absolute atomic E-state index is 0.131. The Labute approximate surface area is 130 Å². The zero-order chi connectivity index (χ0) is 15.1. The van der Waals surface area contributed by atoms with Gasteiger partial charge in [0.15, 0.2) is 17.3 Å². The second-order valence-electron chi connectivity index (χ2n) is 5.09. The van der Waals surface area contributed by atoms with E-state index in [2.05, 4.69) is 15.3 Å². The van der Waals surface area contributed by atoms with E-state index in [9.17, 15) is 4.79 Å². The number of hydrogen-bond acceptors (Lipinski definition) is 6. The first-order valence-electron chi connectivity index (χ1n) is 7.04. The normalized spacial score (nSPS) is 15.2. The maximum atomic E-state index is 11.9. The zero-order valence-corrected chi connectivity index (χ0v) is 12.8. The van der Waals surface area contributed by atoms with Crippen LogP contribution in [-0.4, -0.2) is 50.4 Å². The van der Waals surface area contributed by atoms with Gasteiger partial charge in [-0.25, -0.2) is 0 Å². The van der Waals surface area contributed by atoms with Crippen molar-refractivity contribution in [3.05, 3.63) is 29.0 Å². The Kier molecular flexibility index (Phi) is 3.04. The van der Waals surface area contributed by atoms with Crippen molar-refractivity contribution in [2.45, 2.75) is 6.92 Å². The first kappa shape index (κ1) is 13.2. The van der Waals surface area contributed by atoms with Crippen molar-refractivity contribution in [2.75, 3.05) is 24.7 Å². The number of hydrogen-bond donors (Lipinski definition) is 0. The zero-order valence-electron chi connectivity index (χ0n) is 12.0. The van der Waals surface area contributed by atoms with Crippen molar-refractivity contribution in [1.82, 2.24) is 24.7 Å². The quantitative estimate of drug-likeness (QED) is 0.732. The highest BCUT2D eigenvalue weighted by atomic mass is 32.1. The summed E-state index contributed by atoms with van der Waals surface area (Å²) < 4.78 is 1.73. The standard InChI is InChI=1S/C14H14N6OS/c1-2-18-9-19(7-13(18)21)12-4-3-11-15-16-14(20(11)17-12)10-5-6-22-8-10/h3-6,8H,2,7,9H2,1H3. The van der Waals surface area contributed by atoms with E-state index in [1.54, 1.807) is 20.8 Å². The van der Waals surface area contributed by atoms with Crippen LogP contribution in [0.2, 0.25) is 0 Å². The van der Waals surface area contributed by atoms with Crippen LogP contribution in [0.25, 0.3) is 17.0 Å². The molecule has 22 heavy (non-hydrogen) atoms. The molecule has 3 aromatic heterocycles. The molecule has 0 atom stereocenters. The Bertz CT molecular complexity index is 827. The molecule has 8 heteroatoms. The smallest absolute Gasteiger partial charge is 0.243 e. The molecule has 7 nitrogen and oxygen atoms in total. The van der Waals surface area contributed by atoms with Crippen LogP contribution in [0.3, 0.4) is 0 Å². The van der Waals surface area contributed by atoms with Crippen LogP contribution < -0.4 is 4.90 Å². The molecule has 112 valence electrons. The lowest BCUT2D eigenvalue weighted by molar-refractivity contribution is -0.126. The second-order valence-corrected chi connectivity index (χ2v) is 5.87. The van der Waals surface area contributed by atoms with Crippen LogP contribution in [0.5, 0.6) is 0 Å². The Morgan fingerprint density at radius 1 is 1.27 bits per heavy atom. The van der Waals surface area contributed by atoms with E-state index < -0.39 is 0 Å². The molecule has 0 N–H and O–H groups in total. The number of aromatic nitrogens is 4. The predicted molar refractivity (Wildman–Crippen MR) is 83.7 cm³/mol. The molecule has 1 aliphatic rings. The summed E-state index contributed by atoms with van der Waals surface area (Å²) in [6, 6.07) is 5.76. The third kappa shape index (κ3) is 2.03. The molecule has 1 fully saturated rings. The lowest BCUT2D eigenvalue weighted by Crippen LogP contribution is -2.27. The van der Waals surface area contributed by atoms with Gasteiger partial charge in [-0.3, -0.25) is 4.79 Å². The maximum Gasteiger partial charge on any atom is 0.243 e. The van der Waals surface area contributed by atoms with E-state index in [0.717, 1.165) is 17.2 Å². The fraction of sp³-hybridized carbons (Fsp3) is 0.286. The van der Waals surface area contributed by atoms with Crippen molar-refractivity contribution in [1.29, 1.82) is 0 Å². The predicted octanol–water partition coefficient (Wildman–Crippen LogP) is 1.48. The van der Waals surface area contributed by atoms with Crippen LogP contribution in [-0.2, 0) is 4.79 Å². The molecule has 0 spiro atoms. The molecule has 1 aliphatic heterocycles. The molecule has 1 saturated heterocycles. The largest absolute Gasteiger partial charge is 0.328 e. The van der Waals surface area contributed by atoms with E-state index in [4.69, 9.17) is 0 Å². The van der Waals surface area contributed by atoms with Gasteiger partial charge in [-0.1, -0.05) is 0 Å². The number of amides is 1. The number of thiophene rings is 1. The molecule has 0 aromatic carbocycles. The highest BCUT2D eigenvalue weighted by Gasteiger charge is 2.27. The third-order valence-electron chi connectivity index (χ3n) is 3.75. The summed E-state index contributed by atoms with van der Waals surface area (Å²) in [6.45, 7) is 3.63. The minimum Gasteiger partial charge on any atom is -0.328 e. The van der Waals surface area contributed by atoms with E-state index >= 15 is 0 Å². The molecular weight excluding hydrogens is 300 g/mol. The maximum absolute atomic E-state index is 11.9. The number of carbonyl (C=O) groups is 1. The van der Waals surface area contributed by atoms with Gasteiger partial charge in [0.1, 0.15) is 6.54 Å². The third-order valence-corrected chi connectivity index (χ3v) is 4.44. The fourth-order valence-corrected chi connectivity index (χ4v) is 3.18. The second kappa shape index (κ2) is 5.06. The molecule has 1 amide bonds. The van der Waals surface area contributed by atoms with Gasteiger partial charge in [0.2, 0.25) is 5.91 Å². The van der Waals surface area contributed by atoms with Crippen molar-refractivity contribution in [3.63, 3.8) is 0 Å². The number of carbonyl (C=O) groups excluding carboxylic acids is 1. The van der Waals surface area contributed by atoms with Gasteiger partial charge >= 0.3 is 0 Å². The Balaban J connectivity index is 1.74. The Morgan fingerprint density at radius 3 is 2.91 bits per heavy atom. The SMILES string of the molecule is CCN1CN(c2ccc3nnc(-c4ccsc4)n3n2)CC1=O. The number of anilines is 1. The average molecular weight is 314 g/mol. The minimum atomic E-state index is 0.131. The van der Waals surface area contributed by atoms with Crippen molar-refractivity contribution >= 4 is 28.7 Å². The van der Waals surface area contributed by atoms with Gasteiger partial charge in [-0.05, 0) is 30.5 Å². The number of likely N-dealkylation sites (N-methyl/N-ethyl adjacent to an activating group) is 1. The van der Waals surface area contributed by atoms with Crippen LogP contribution >= 0.6 is 11.3 Å². The first-order chi connectivity index (χ1) is 10.8. The molecule has 4 rings (SSSR count). The first-order valence-corrected chi connectivity index (χ1v) is 7.98. The molecule has 4 heterocycles. The van der Waals surface area contributed by atoms with E-state index in [-0.39, 0.29) is 5.91 Å². The summed E-state index contributed by atoms with van der Waals surface area (Å²) in [5, 5.41) is 17.0. The van der Waals surface area contributed by atoms with Gasteiger partial charge in [-0.15, -0.1) is 15.3 Å². The monoisotopic (exact) mass is 314 g/mol. The molecule has 0 unspecified atom stereocenters. The number of rotatable bonds is 3. The number of fused-ring (bicyclic) bond motifs is 1. The van der Waals surface area contributed by atoms with Gasteiger partial charge in [0, 0.05) is 17.5 Å². The van der Waals surface area contributed by atoms with Crippen LogP contribution in [0.1, 0.15) is 6.92 Å². The molecule has 3 aromatic rings. The summed E-state index contributed by atoms with van der Waals surface area (Å²) in [5.74, 6) is 1.61. The van der Waals surface area contributed by atoms with Crippen molar-refractivity contribution < 1.29 is 4.79 Å².